The second kappa shape index (κ2) is 9.34. The fraction of sp³-hybridized carbons (Fsp3) is 0.160. The molecule has 1 heterocycles. The van der Waals surface area contributed by atoms with Gasteiger partial charge in [-0.15, -0.1) is 0 Å². The van der Waals surface area contributed by atoms with Crippen LogP contribution in [0, 0.1) is 6.92 Å². The number of hydrogen-bond acceptors (Lipinski definition) is 3. The van der Waals surface area contributed by atoms with Gasteiger partial charge in [-0.1, -0.05) is 60.7 Å². The molecule has 32 heavy (non-hydrogen) atoms. The molecular weight excluding hydrogens is 404 g/mol. The van der Waals surface area contributed by atoms with Crippen LogP contribution >= 0.6 is 0 Å². The number of aryl methyl sites for hydroxylation is 1. The van der Waals surface area contributed by atoms with Gasteiger partial charge in [0.2, 0.25) is 11.8 Å². The Balaban J connectivity index is 1.57. The minimum Gasteiger partial charge on any atom is -0.326 e. The molecule has 7 heteroatoms. The summed E-state index contributed by atoms with van der Waals surface area (Å²) in [6.45, 7) is 1.78. The summed E-state index contributed by atoms with van der Waals surface area (Å²) in [5.74, 6) is -0.617. The molecule has 1 atom stereocenters. The van der Waals surface area contributed by atoms with Crippen LogP contribution < -0.4 is 20.9 Å². The van der Waals surface area contributed by atoms with Gasteiger partial charge in [-0.05, 0) is 36.2 Å². The molecule has 0 aromatic heterocycles. The van der Waals surface area contributed by atoms with Crippen LogP contribution in [0.4, 0.5) is 21.9 Å². The summed E-state index contributed by atoms with van der Waals surface area (Å²) in [7, 11) is 0. The molecule has 0 saturated carbocycles. The molecule has 0 bridgehead atoms. The molecule has 0 unspecified atom stereocenters. The Morgan fingerprint density at radius 2 is 1.66 bits per heavy atom. The highest BCUT2D eigenvalue weighted by Gasteiger charge is 2.30. The van der Waals surface area contributed by atoms with Gasteiger partial charge in [0.25, 0.3) is 0 Å². The summed E-state index contributed by atoms with van der Waals surface area (Å²) < 4.78 is 0. The zero-order valence-electron chi connectivity index (χ0n) is 17.7. The van der Waals surface area contributed by atoms with Crippen molar-refractivity contribution in [1.29, 1.82) is 0 Å². The molecule has 7 nitrogen and oxygen atoms in total. The van der Waals surface area contributed by atoms with Gasteiger partial charge in [0.15, 0.2) is 0 Å². The van der Waals surface area contributed by atoms with Crippen LogP contribution in [0.25, 0.3) is 0 Å². The molecule has 3 N–H and O–H groups in total. The number of nitrogens with zero attached hydrogens (tertiary/aromatic N) is 1. The van der Waals surface area contributed by atoms with E-state index in [0.717, 1.165) is 11.1 Å². The van der Waals surface area contributed by atoms with Crippen LogP contribution in [0.5, 0.6) is 0 Å². The van der Waals surface area contributed by atoms with E-state index in [9.17, 15) is 14.4 Å². The summed E-state index contributed by atoms with van der Waals surface area (Å²) in [5, 5.41) is 8.51. The number of carbonyl (C=O) groups is 3. The Morgan fingerprint density at radius 3 is 2.44 bits per heavy atom. The van der Waals surface area contributed by atoms with E-state index in [2.05, 4.69) is 16.0 Å². The van der Waals surface area contributed by atoms with E-state index < -0.39 is 12.1 Å². The normalized spacial score (nSPS) is 13.5. The third kappa shape index (κ3) is 4.78. The van der Waals surface area contributed by atoms with Gasteiger partial charge in [0.05, 0.1) is 11.4 Å². The van der Waals surface area contributed by atoms with Crippen LogP contribution in [0.2, 0.25) is 0 Å². The monoisotopic (exact) mass is 428 g/mol. The van der Waals surface area contributed by atoms with Gasteiger partial charge in [-0.3, -0.25) is 14.5 Å². The largest absolute Gasteiger partial charge is 0.326 e. The van der Waals surface area contributed by atoms with E-state index in [0.29, 0.717) is 23.5 Å². The van der Waals surface area contributed by atoms with Crippen LogP contribution in [-0.2, 0) is 16.0 Å². The Morgan fingerprint density at radius 1 is 0.969 bits per heavy atom. The number of nitrogens with one attached hydrogen (secondary N) is 3. The Labute approximate surface area is 186 Å². The first-order valence-corrected chi connectivity index (χ1v) is 10.4. The quantitative estimate of drug-likeness (QED) is 0.579. The second-order valence-electron chi connectivity index (χ2n) is 7.65. The molecule has 0 saturated heterocycles. The van der Waals surface area contributed by atoms with Crippen molar-refractivity contribution in [2.75, 3.05) is 22.1 Å². The lowest BCUT2D eigenvalue weighted by atomic mass is 10.0. The molecule has 4 amide bonds. The average molecular weight is 428 g/mol. The molecule has 1 aliphatic heterocycles. The number of anilines is 3. The van der Waals surface area contributed by atoms with Crippen molar-refractivity contribution in [3.63, 3.8) is 0 Å². The SMILES string of the molecule is Cc1ccccc1NC(=O)[C@H](Cc1ccccc1)NC(=O)N1CC(=O)Nc2ccccc21. The van der Waals surface area contributed by atoms with Crippen molar-refractivity contribution in [3.05, 3.63) is 90.0 Å². The summed E-state index contributed by atoms with van der Waals surface area (Å²) in [4.78, 5) is 39.8. The lowest BCUT2D eigenvalue weighted by Gasteiger charge is -2.30. The van der Waals surface area contributed by atoms with Crippen LogP contribution in [0.1, 0.15) is 11.1 Å². The number of urea groups is 1. The number of hydrogen-bond donors (Lipinski definition) is 3. The van der Waals surface area contributed by atoms with Crippen molar-refractivity contribution >= 4 is 34.9 Å². The first-order chi connectivity index (χ1) is 15.5. The predicted molar refractivity (Wildman–Crippen MR) is 125 cm³/mol. The minimum absolute atomic E-state index is 0.125. The summed E-state index contributed by atoms with van der Waals surface area (Å²) in [6.07, 6.45) is 0.311. The molecule has 0 spiro atoms. The number of amides is 4. The first-order valence-electron chi connectivity index (χ1n) is 10.4. The lowest BCUT2D eigenvalue weighted by Crippen LogP contribution is -2.53. The second-order valence-corrected chi connectivity index (χ2v) is 7.65. The average Bonchev–Trinajstić information content (AvgIpc) is 2.80. The maximum atomic E-state index is 13.2. The molecule has 4 rings (SSSR count). The van der Waals surface area contributed by atoms with Gasteiger partial charge < -0.3 is 16.0 Å². The van der Waals surface area contributed by atoms with E-state index in [1.807, 2.05) is 61.5 Å². The number of rotatable bonds is 5. The predicted octanol–water partition coefficient (Wildman–Crippen LogP) is 3.71. The summed E-state index contributed by atoms with van der Waals surface area (Å²) >= 11 is 0. The molecular formula is C25H24N4O3. The molecule has 3 aromatic carbocycles. The van der Waals surface area contributed by atoms with Crippen LogP contribution in [0.15, 0.2) is 78.9 Å². The highest BCUT2D eigenvalue weighted by atomic mass is 16.2. The molecule has 0 aliphatic carbocycles. The maximum absolute atomic E-state index is 13.2. The van der Waals surface area contributed by atoms with Gasteiger partial charge in [0.1, 0.15) is 12.6 Å². The van der Waals surface area contributed by atoms with E-state index >= 15 is 0 Å². The Kier molecular flexibility index (Phi) is 6.17. The molecule has 0 fully saturated rings. The number of benzene rings is 3. The summed E-state index contributed by atoms with van der Waals surface area (Å²) in [5.41, 5.74) is 3.67. The van der Waals surface area contributed by atoms with Gasteiger partial charge in [-0.2, -0.15) is 0 Å². The minimum atomic E-state index is -0.832. The summed E-state index contributed by atoms with van der Waals surface area (Å²) in [6, 6.07) is 22.7. The van der Waals surface area contributed by atoms with E-state index in [-0.39, 0.29) is 18.4 Å². The highest BCUT2D eigenvalue weighted by molar-refractivity contribution is 6.10. The Hall–Kier alpha value is -4.13. The smallest absolute Gasteiger partial charge is 0.323 e. The zero-order chi connectivity index (χ0) is 22.5. The van der Waals surface area contributed by atoms with Crippen LogP contribution in [0.3, 0.4) is 0 Å². The van der Waals surface area contributed by atoms with Gasteiger partial charge >= 0.3 is 6.03 Å². The van der Waals surface area contributed by atoms with Crippen molar-refractivity contribution in [2.45, 2.75) is 19.4 Å². The van der Waals surface area contributed by atoms with Gasteiger partial charge in [0, 0.05) is 12.1 Å². The third-order valence-electron chi connectivity index (χ3n) is 5.32. The lowest BCUT2D eigenvalue weighted by molar-refractivity contribution is -0.118. The topological polar surface area (TPSA) is 90.5 Å². The fourth-order valence-corrected chi connectivity index (χ4v) is 3.63. The van der Waals surface area contributed by atoms with Gasteiger partial charge in [-0.25, -0.2) is 4.79 Å². The van der Waals surface area contributed by atoms with Crippen molar-refractivity contribution < 1.29 is 14.4 Å². The van der Waals surface area contributed by atoms with E-state index in [4.69, 9.17) is 0 Å². The van der Waals surface area contributed by atoms with E-state index in [1.54, 1.807) is 24.3 Å². The van der Waals surface area contributed by atoms with E-state index in [1.165, 1.54) is 4.90 Å². The van der Waals surface area contributed by atoms with Crippen molar-refractivity contribution in [2.24, 2.45) is 0 Å². The standard InChI is InChI=1S/C25H24N4O3/c1-17-9-5-6-12-19(17)27-24(31)21(15-18-10-3-2-4-11-18)28-25(32)29-16-23(30)26-20-13-7-8-14-22(20)29/h2-14,21H,15-16H2,1H3,(H,26,30)(H,27,31)(H,28,32)/t21-/m0/s1. The number of fused-ring (bicyclic) bond motifs is 1. The molecule has 162 valence electrons. The molecule has 3 aromatic rings. The number of para-hydroxylation sites is 3. The Bertz CT molecular complexity index is 1150. The molecule has 0 radical (unpaired) electrons. The third-order valence-corrected chi connectivity index (χ3v) is 5.32. The van der Waals surface area contributed by atoms with Crippen LogP contribution in [-0.4, -0.2) is 30.4 Å². The highest BCUT2D eigenvalue weighted by Crippen LogP contribution is 2.29. The first kappa shape index (κ1) is 21.1. The zero-order valence-corrected chi connectivity index (χ0v) is 17.7. The van der Waals surface area contributed by atoms with Crippen molar-refractivity contribution in [3.8, 4) is 0 Å². The maximum Gasteiger partial charge on any atom is 0.323 e. The number of carbonyl (C=O) groups excluding carboxylic acids is 3. The van der Waals surface area contributed by atoms with Crippen molar-refractivity contribution in [1.82, 2.24) is 5.32 Å². The molecule has 1 aliphatic rings. The fourth-order valence-electron chi connectivity index (χ4n) is 3.63.